The van der Waals surface area contributed by atoms with Gasteiger partial charge in [-0.1, -0.05) is 0 Å². The van der Waals surface area contributed by atoms with Crippen molar-refractivity contribution in [2.24, 2.45) is 5.73 Å². The van der Waals surface area contributed by atoms with Crippen LogP contribution in [0, 0.1) is 0 Å². The molecule has 0 fully saturated rings. The summed E-state index contributed by atoms with van der Waals surface area (Å²) in [6, 6.07) is 1.12. The lowest BCUT2D eigenvalue weighted by molar-refractivity contribution is -0.143. The molecule has 0 unspecified atom stereocenters. The van der Waals surface area contributed by atoms with Crippen molar-refractivity contribution in [2.45, 2.75) is 18.8 Å². The zero-order valence-corrected chi connectivity index (χ0v) is 11.2. The molecule has 0 saturated heterocycles. The van der Waals surface area contributed by atoms with E-state index in [0.717, 1.165) is 6.08 Å². The van der Waals surface area contributed by atoms with Gasteiger partial charge < -0.3 is 5.73 Å². The SMILES string of the molecule is Cl.NC/C(F)=C\Cc1cc(C(F)(F)F)cc(C(F)(F)F)c1. The molecule has 0 aliphatic carbocycles. The Morgan fingerprint density at radius 2 is 1.38 bits per heavy atom. The summed E-state index contributed by atoms with van der Waals surface area (Å²) in [4.78, 5) is 0. The Kier molecular flexibility index (Phi) is 6.69. The first-order valence-corrected chi connectivity index (χ1v) is 5.37. The summed E-state index contributed by atoms with van der Waals surface area (Å²) >= 11 is 0. The third kappa shape index (κ3) is 5.92. The molecule has 0 radical (unpaired) electrons. The second kappa shape index (κ2) is 7.13. The van der Waals surface area contributed by atoms with Gasteiger partial charge in [0, 0.05) is 6.54 Å². The van der Waals surface area contributed by atoms with Crippen molar-refractivity contribution in [3.63, 3.8) is 0 Å². The van der Waals surface area contributed by atoms with Crippen LogP contribution in [0.2, 0.25) is 0 Å². The lowest BCUT2D eigenvalue weighted by atomic mass is 10.0. The Balaban J connectivity index is 0.00000400. The molecule has 1 nitrogen and oxygen atoms in total. The summed E-state index contributed by atoms with van der Waals surface area (Å²) < 4.78 is 87.9. The van der Waals surface area contributed by atoms with Crippen molar-refractivity contribution in [1.82, 2.24) is 0 Å². The molecule has 120 valence electrons. The van der Waals surface area contributed by atoms with Crippen molar-refractivity contribution >= 4 is 12.4 Å². The van der Waals surface area contributed by atoms with E-state index in [-0.39, 0.29) is 24.0 Å². The fraction of sp³-hybridized carbons (Fsp3) is 0.333. The molecule has 1 aromatic rings. The maximum atomic E-state index is 12.8. The molecule has 0 atom stereocenters. The normalized spacial score (nSPS) is 13.0. The van der Waals surface area contributed by atoms with E-state index in [1.54, 1.807) is 0 Å². The molecule has 21 heavy (non-hydrogen) atoms. The number of nitrogens with two attached hydrogens (primary N) is 1. The first-order valence-electron chi connectivity index (χ1n) is 5.37. The van der Waals surface area contributed by atoms with Crippen LogP contribution >= 0.6 is 12.4 Å². The number of hydrogen-bond donors (Lipinski definition) is 1. The van der Waals surface area contributed by atoms with E-state index in [2.05, 4.69) is 0 Å². The van der Waals surface area contributed by atoms with Crippen LogP contribution in [0.25, 0.3) is 0 Å². The predicted octanol–water partition coefficient (Wildman–Crippen LogP) is 4.50. The topological polar surface area (TPSA) is 26.0 Å². The molecule has 9 heteroatoms. The summed E-state index contributed by atoms with van der Waals surface area (Å²) in [5, 5.41) is 0. The number of rotatable bonds is 3. The monoisotopic (exact) mass is 337 g/mol. The quantitative estimate of drug-likeness (QED) is 0.807. The van der Waals surface area contributed by atoms with Crippen LogP contribution in [0.3, 0.4) is 0 Å². The Bertz CT molecular complexity index is 473. The highest BCUT2D eigenvalue weighted by atomic mass is 35.5. The second-order valence-corrected chi connectivity index (χ2v) is 3.97. The first kappa shape index (κ1) is 19.7. The van der Waals surface area contributed by atoms with E-state index in [4.69, 9.17) is 5.73 Å². The minimum Gasteiger partial charge on any atom is -0.325 e. The van der Waals surface area contributed by atoms with Gasteiger partial charge in [-0.2, -0.15) is 26.3 Å². The average molecular weight is 338 g/mol. The van der Waals surface area contributed by atoms with Crippen LogP contribution < -0.4 is 5.73 Å². The van der Waals surface area contributed by atoms with E-state index < -0.39 is 42.3 Å². The fourth-order valence-electron chi connectivity index (χ4n) is 1.45. The van der Waals surface area contributed by atoms with Gasteiger partial charge in [-0.25, -0.2) is 4.39 Å². The van der Waals surface area contributed by atoms with Gasteiger partial charge in [0.05, 0.1) is 11.1 Å². The zero-order chi connectivity index (χ0) is 15.6. The molecule has 0 spiro atoms. The molecule has 0 aliphatic heterocycles. The van der Waals surface area contributed by atoms with Crippen molar-refractivity contribution in [2.75, 3.05) is 6.54 Å². The number of benzene rings is 1. The lowest BCUT2D eigenvalue weighted by Gasteiger charge is -2.13. The second-order valence-electron chi connectivity index (χ2n) is 3.97. The van der Waals surface area contributed by atoms with Crippen LogP contribution in [0.15, 0.2) is 30.1 Å². The first-order chi connectivity index (χ1) is 9.04. The van der Waals surface area contributed by atoms with Crippen LogP contribution in [-0.2, 0) is 18.8 Å². The zero-order valence-electron chi connectivity index (χ0n) is 10.4. The Hall–Kier alpha value is -1.28. The van der Waals surface area contributed by atoms with Gasteiger partial charge in [0.25, 0.3) is 0 Å². The van der Waals surface area contributed by atoms with E-state index in [0.29, 0.717) is 12.1 Å². The van der Waals surface area contributed by atoms with Crippen LogP contribution in [-0.4, -0.2) is 6.54 Å². The molecule has 0 aliphatic rings. The standard InChI is InChI=1S/C12H10F7N.ClH/c13-10(6-20)2-1-7-3-8(11(14,15)16)5-9(4-7)12(17,18)19;/h2-5H,1,6,20H2;1H/b10-2+;. The van der Waals surface area contributed by atoms with E-state index in [1.807, 2.05) is 0 Å². The molecular formula is C12H11ClF7N. The summed E-state index contributed by atoms with van der Waals surface area (Å²) in [5.41, 5.74) is 1.78. The Labute approximate surface area is 122 Å². The predicted molar refractivity (Wildman–Crippen MR) is 65.6 cm³/mol. The smallest absolute Gasteiger partial charge is 0.325 e. The number of alkyl halides is 6. The molecule has 0 bridgehead atoms. The summed E-state index contributed by atoms with van der Waals surface area (Å²) in [7, 11) is 0. The highest BCUT2D eigenvalue weighted by molar-refractivity contribution is 5.85. The largest absolute Gasteiger partial charge is 0.416 e. The van der Waals surface area contributed by atoms with Gasteiger partial charge in [-0.3, -0.25) is 0 Å². The minimum absolute atomic E-state index is 0. The molecule has 0 aromatic heterocycles. The summed E-state index contributed by atoms with van der Waals surface area (Å²) in [5.74, 6) is -0.809. The van der Waals surface area contributed by atoms with Gasteiger partial charge >= 0.3 is 12.4 Å². The summed E-state index contributed by atoms with van der Waals surface area (Å²) in [6.07, 6.45) is -9.38. The maximum Gasteiger partial charge on any atom is 0.416 e. The third-order valence-electron chi connectivity index (χ3n) is 2.40. The lowest BCUT2D eigenvalue weighted by Crippen LogP contribution is -2.11. The summed E-state index contributed by atoms with van der Waals surface area (Å²) in [6.45, 7) is -0.467. The highest BCUT2D eigenvalue weighted by Crippen LogP contribution is 2.36. The van der Waals surface area contributed by atoms with E-state index in [9.17, 15) is 30.7 Å². The van der Waals surface area contributed by atoms with E-state index >= 15 is 0 Å². The highest BCUT2D eigenvalue weighted by Gasteiger charge is 2.36. The molecular weight excluding hydrogens is 327 g/mol. The molecule has 2 N–H and O–H groups in total. The van der Waals surface area contributed by atoms with Gasteiger partial charge in [-0.05, 0) is 36.3 Å². The molecule has 0 heterocycles. The average Bonchev–Trinajstić information content (AvgIpc) is 2.33. The Morgan fingerprint density at radius 3 is 1.71 bits per heavy atom. The Morgan fingerprint density at radius 1 is 0.952 bits per heavy atom. The van der Waals surface area contributed by atoms with Crippen molar-refractivity contribution in [1.29, 1.82) is 0 Å². The number of allylic oxidation sites excluding steroid dienone is 1. The van der Waals surface area contributed by atoms with Gasteiger partial charge in [-0.15, -0.1) is 12.4 Å². The minimum atomic E-state index is -4.91. The molecule has 1 rings (SSSR count). The molecule has 0 saturated carbocycles. The van der Waals surface area contributed by atoms with Crippen molar-refractivity contribution in [3.05, 3.63) is 46.8 Å². The number of hydrogen-bond acceptors (Lipinski definition) is 1. The van der Waals surface area contributed by atoms with Gasteiger partial charge in [0.2, 0.25) is 0 Å². The fourth-order valence-corrected chi connectivity index (χ4v) is 1.45. The van der Waals surface area contributed by atoms with Gasteiger partial charge in [0.1, 0.15) is 5.83 Å². The van der Waals surface area contributed by atoms with Crippen LogP contribution in [0.4, 0.5) is 30.7 Å². The molecule has 0 amide bonds. The van der Waals surface area contributed by atoms with Crippen molar-refractivity contribution < 1.29 is 30.7 Å². The van der Waals surface area contributed by atoms with Crippen LogP contribution in [0.1, 0.15) is 16.7 Å². The van der Waals surface area contributed by atoms with Gasteiger partial charge in [0.15, 0.2) is 0 Å². The number of halogens is 8. The maximum absolute atomic E-state index is 12.8. The van der Waals surface area contributed by atoms with Crippen LogP contribution in [0.5, 0.6) is 0 Å². The van der Waals surface area contributed by atoms with E-state index in [1.165, 1.54) is 0 Å². The molecule has 1 aromatic carbocycles. The third-order valence-corrected chi connectivity index (χ3v) is 2.40. The van der Waals surface area contributed by atoms with Crippen molar-refractivity contribution in [3.8, 4) is 0 Å².